The third-order valence-corrected chi connectivity index (χ3v) is 2.04. The molecule has 0 atom stereocenters. The van der Waals surface area contributed by atoms with Crippen molar-refractivity contribution in [2.45, 2.75) is 13.5 Å². The fourth-order valence-corrected chi connectivity index (χ4v) is 1.39. The second-order valence-electron chi connectivity index (χ2n) is 3.16. The van der Waals surface area contributed by atoms with E-state index in [1.807, 2.05) is 19.2 Å². The summed E-state index contributed by atoms with van der Waals surface area (Å²) in [5.41, 5.74) is 2.16. The minimum atomic E-state index is 0.722. The summed E-state index contributed by atoms with van der Waals surface area (Å²) in [5.74, 6) is 0.904. The Kier molecular flexibility index (Phi) is 2.02. The van der Waals surface area contributed by atoms with E-state index >= 15 is 0 Å². The fourth-order valence-electron chi connectivity index (χ4n) is 1.39. The molecule has 1 heterocycles. The van der Waals surface area contributed by atoms with E-state index in [0.29, 0.717) is 0 Å². The molecule has 0 bridgehead atoms. The van der Waals surface area contributed by atoms with Gasteiger partial charge in [0.25, 0.3) is 0 Å². The molecule has 0 saturated carbocycles. The number of nitrogens with zero attached hydrogens (tertiary/aromatic N) is 1. The molecular weight excluding hydrogens is 164 g/mol. The van der Waals surface area contributed by atoms with E-state index in [-0.39, 0.29) is 0 Å². The first-order chi connectivity index (χ1) is 6.31. The molecule has 3 nitrogen and oxygen atoms in total. The lowest BCUT2D eigenvalue weighted by atomic mass is 10.1. The van der Waals surface area contributed by atoms with E-state index in [4.69, 9.17) is 4.52 Å². The summed E-state index contributed by atoms with van der Waals surface area (Å²) in [6.07, 6.45) is 0. The zero-order valence-electron chi connectivity index (χ0n) is 7.79. The Hall–Kier alpha value is -1.35. The minimum Gasteiger partial charge on any atom is -0.359 e. The Bertz CT molecular complexity index is 420. The number of fused-ring (bicyclic) bond motifs is 1. The minimum absolute atomic E-state index is 0.722. The highest BCUT2D eigenvalue weighted by Crippen LogP contribution is 2.19. The van der Waals surface area contributed by atoms with Gasteiger partial charge in [-0.1, -0.05) is 16.8 Å². The predicted octanol–water partition coefficient (Wildman–Crippen LogP) is 1.86. The largest absolute Gasteiger partial charge is 0.359 e. The van der Waals surface area contributed by atoms with E-state index in [9.17, 15) is 0 Å². The molecule has 3 heteroatoms. The van der Waals surface area contributed by atoms with Gasteiger partial charge in [0.1, 0.15) is 5.52 Å². The Balaban J connectivity index is 2.58. The highest BCUT2D eigenvalue weighted by molar-refractivity contribution is 5.81. The smallest absolute Gasteiger partial charge is 0.158 e. The van der Waals surface area contributed by atoms with Crippen LogP contribution in [0.2, 0.25) is 0 Å². The highest BCUT2D eigenvalue weighted by atomic mass is 16.5. The summed E-state index contributed by atoms with van der Waals surface area (Å²) in [6.45, 7) is 2.79. The molecule has 13 heavy (non-hydrogen) atoms. The van der Waals surface area contributed by atoms with Crippen molar-refractivity contribution in [1.29, 1.82) is 0 Å². The quantitative estimate of drug-likeness (QED) is 0.758. The van der Waals surface area contributed by atoms with Crippen LogP contribution in [-0.4, -0.2) is 12.2 Å². The van der Waals surface area contributed by atoms with E-state index in [0.717, 1.165) is 23.2 Å². The molecule has 1 aromatic carbocycles. The van der Waals surface area contributed by atoms with Crippen LogP contribution >= 0.6 is 0 Å². The molecule has 2 rings (SSSR count). The van der Waals surface area contributed by atoms with Crippen LogP contribution in [0.4, 0.5) is 0 Å². The van der Waals surface area contributed by atoms with E-state index in [2.05, 4.69) is 23.5 Å². The van der Waals surface area contributed by atoms with Crippen LogP contribution in [0.5, 0.6) is 0 Å². The Morgan fingerprint density at radius 1 is 1.46 bits per heavy atom. The second-order valence-corrected chi connectivity index (χ2v) is 3.16. The molecule has 1 aromatic heterocycles. The van der Waals surface area contributed by atoms with Crippen molar-refractivity contribution in [3.8, 4) is 0 Å². The fraction of sp³-hybridized carbons (Fsp3) is 0.300. The van der Waals surface area contributed by atoms with Gasteiger partial charge in [0.2, 0.25) is 0 Å². The molecule has 0 amide bonds. The van der Waals surface area contributed by atoms with Crippen molar-refractivity contribution in [2.75, 3.05) is 7.05 Å². The molecule has 2 aromatic rings. The maximum Gasteiger partial charge on any atom is 0.158 e. The Labute approximate surface area is 76.7 Å². The highest BCUT2D eigenvalue weighted by Gasteiger charge is 2.06. The third-order valence-electron chi connectivity index (χ3n) is 2.04. The topological polar surface area (TPSA) is 38.1 Å². The number of rotatable bonds is 2. The average Bonchev–Trinajstić information content (AvgIpc) is 2.49. The van der Waals surface area contributed by atoms with Crippen LogP contribution in [0.1, 0.15) is 11.3 Å². The summed E-state index contributed by atoms with van der Waals surface area (Å²) < 4.78 is 5.20. The number of hydrogen-bond donors (Lipinski definition) is 1. The zero-order chi connectivity index (χ0) is 9.26. The molecule has 0 aliphatic heterocycles. The zero-order valence-corrected chi connectivity index (χ0v) is 7.79. The maximum atomic E-state index is 5.20. The molecule has 1 N–H and O–H groups in total. The lowest BCUT2D eigenvalue weighted by Crippen LogP contribution is -2.03. The molecule has 0 saturated heterocycles. The van der Waals surface area contributed by atoms with Gasteiger partial charge in [-0.05, 0) is 26.1 Å². The van der Waals surface area contributed by atoms with Crippen LogP contribution < -0.4 is 5.32 Å². The number of nitrogens with one attached hydrogen (secondary N) is 1. The summed E-state index contributed by atoms with van der Waals surface area (Å²) >= 11 is 0. The van der Waals surface area contributed by atoms with Gasteiger partial charge in [-0.2, -0.15) is 0 Å². The van der Waals surface area contributed by atoms with E-state index < -0.39 is 0 Å². The van der Waals surface area contributed by atoms with Gasteiger partial charge in [0.15, 0.2) is 5.76 Å². The first kappa shape index (κ1) is 8.26. The average molecular weight is 176 g/mol. The lowest BCUT2D eigenvalue weighted by molar-refractivity contribution is 0.385. The number of benzene rings is 1. The van der Waals surface area contributed by atoms with Gasteiger partial charge in [-0.15, -0.1) is 0 Å². The van der Waals surface area contributed by atoms with Crippen LogP contribution in [-0.2, 0) is 6.54 Å². The Morgan fingerprint density at radius 3 is 3.08 bits per heavy atom. The van der Waals surface area contributed by atoms with Gasteiger partial charge < -0.3 is 9.84 Å². The molecule has 0 unspecified atom stereocenters. The predicted molar refractivity (Wildman–Crippen MR) is 51.5 cm³/mol. The molecule has 0 radical (unpaired) electrons. The molecule has 0 spiro atoms. The summed E-state index contributed by atoms with van der Waals surface area (Å²) in [4.78, 5) is 0. The SMILES string of the molecule is CNCc1onc2ccc(C)cc12. The monoisotopic (exact) mass is 176 g/mol. The number of hydrogen-bond acceptors (Lipinski definition) is 3. The number of aryl methyl sites for hydroxylation is 1. The molecular formula is C10H12N2O. The lowest BCUT2D eigenvalue weighted by Gasteiger charge is -1.94. The van der Waals surface area contributed by atoms with Crippen molar-refractivity contribution in [3.63, 3.8) is 0 Å². The van der Waals surface area contributed by atoms with Crippen molar-refractivity contribution >= 4 is 10.9 Å². The third kappa shape index (κ3) is 1.42. The van der Waals surface area contributed by atoms with Gasteiger partial charge >= 0.3 is 0 Å². The van der Waals surface area contributed by atoms with Crippen molar-refractivity contribution < 1.29 is 4.52 Å². The molecule has 0 fully saturated rings. The van der Waals surface area contributed by atoms with Gasteiger partial charge in [-0.25, -0.2) is 0 Å². The van der Waals surface area contributed by atoms with Crippen LogP contribution in [0.15, 0.2) is 22.7 Å². The normalized spacial score (nSPS) is 10.9. The summed E-state index contributed by atoms with van der Waals surface area (Å²) in [7, 11) is 1.89. The number of aromatic nitrogens is 1. The first-order valence-electron chi connectivity index (χ1n) is 4.31. The van der Waals surface area contributed by atoms with Gasteiger partial charge in [0, 0.05) is 5.39 Å². The summed E-state index contributed by atoms with van der Waals surface area (Å²) in [6, 6.07) is 6.11. The standard InChI is InChI=1S/C10H12N2O/c1-7-3-4-9-8(5-7)10(6-11-2)13-12-9/h3-5,11H,6H2,1-2H3. The molecule has 0 aliphatic rings. The van der Waals surface area contributed by atoms with Gasteiger partial charge in [-0.3, -0.25) is 0 Å². The van der Waals surface area contributed by atoms with Crippen LogP contribution in [0.25, 0.3) is 10.9 Å². The maximum absolute atomic E-state index is 5.20. The van der Waals surface area contributed by atoms with E-state index in [1.54, 1.807) is 0 Å². The first-order valence-corrected chi connectivity index (χ1v) is 4.31. The van der Waals surface area contributed by atoms with Crippen LogP contribution in [0.3, 0.4) is 0 Å². The van der Waals surface area contributed by atoms with Crippen molar-refractivity contribution in [1.82, 2.24) is 10.5 Å². The van der Waals surface area contributed by atoms with Gasteiger partial charge in [0.05, 0.1) is 6.54 Å². The molecule has 0 aliphatic carbocycles. The second kappa shape index (κ2) is 3.18. The van der Waals surface area contributed by atoms with E-state index in [1.165, 1.54) is 5.56 Å². The summed E-state index contributed by atoms with van der Waals surface area (Å²) in [5, 5.41) is 8.12. The van der Waals surface area contributed by atoms with Crippen molar-refractivity contribution in [3.05, 3.63) is 29.5 Å². The Morgan fingerprint density at radius 2 is 2.31 bits per heavy atom. The molecule has 68 valence electrons. The van der Waals surface area contributed by atoms with Crippen LogP contribution in [0, 0.1) is 6.92 Å². The van der Waals surface area contributed by atoms with Crippen molar-refractivity contribution in [2.24, 2.45) is 0 Å².